The molecule has 3 rings (SSSR count). The summed E-state index contributed by atoms with van der Waals surface area (Å²) < 4.78 is 11.6. The maximum atomic E-state index is 5.58. The molecule has 1 aliphatic rings. The van der Waals surface area contributed by atoms with Gasteiger partial charge in [0.2, 0.25) is 0 Å². The van der Waals surface area contributed by atoms with Gasteiger partial charge in [-0.15, -0.1) is 23.5 Å². The van der Waals surface area contributed by atoms with Crippen molar-refractivity contribution in [2.45, 2.75) is 11.0 Å². The van der Waals surface area contributed by atoms with Crippen molar-refractivity contribution in [3.05, 3.63) is 35.9 Å². The van der Waals surface area contributed by atoms with Crippen molar-refractivity contribution in [1.29, 1.82) is 0 Å². The lowest BCUT2D eigenvalue weighted by molar-refractivity contribution is 0.410. The van der Waals surface area contributed by atoms with Crippen LogP contribution in [0.25, 0.3) is 10.8 Å². The van der Waals surface area contributed by atoms with Gasteiger partial charge in [0.25, 0.3) is 0 Å². The number of hydrogen-bond donors (Lipinski definition) is 0. The summed E-state index contributed by atoms with van der Waals surface area (Å²) >= 11 is 4.06. The third-order valence-electron chi connectivity index (χ3n) is 3.52. The van der Waals surface area contributed by atoms with Crippen molar-refractivity contribution in [2.75, 3.05) is 25.7 Å². The van der Waals surface area contributed by atoms with Crippen LogP contribution in [0.15, 0.2) is 30.3 Å². The average Bonchev–Trinajstić information content (AvgIpc) is 2.54. The molecule has 0 aliphatic carbocycles. The Balaban J connectivity index is 2.20. The second kappa shape index (κ2) is 6.19. The standard InChI is InChI=1S/C16H18O2S2/c1-17-13-7-8-14(18-2)15-11(13)5-3-6-12(15)16-19-9-4-10-20-16/h3,5-8,16H,4,9-10H2,1-2H3. The Morgan fingerprint density at radius 3 is 2.35 bits per heavy atom. The van der Waals surface area contributed by atoms with Crippen LogP contribution in [0.4, 0.5) is 0 Å². The van der Waals surface area contributed by atoms with Crippen LogP contribution in [0.3, 0.4) is 0 Å². The molecule has 1 heterocycles. The van der Waals surface area contributed by atoms with E-state index in [-0.39, 0.29) is 0 Å². The molecule has 1 fully saturated rings. The molecule has 20 heavy (non-hydrogen) atoms. The Morgan fingerprint density at radius 2 is 1.65 bits per heavy atom. The van der Waals surface area contributed by atoms with Gasteiger partial charge in [-0.2, -0.15) is 0 Å². The molecule has 1 aliphatic heterocycles. The van der Waals surface area contributed by atoms with E-state index in [9.17, 15) is 0 Å². The predicted molar refractivity (Wildman–Crippen MR) is 89.3 cm³/mol. The largest absolute Gasteiger partial charge is 0.496 e. The van der Waals surface area contributed by atoms with Gasteiger partial charge >= 0.3 is 0 Å². The smallest absolute Gasteiger partial charge is 0.127 e. The summed E-state index contributed by atoms with van der Waals surface area (Å²) in [7, 11) is 3.46. The van der Waals surface area contributed by atoms with E-state index in [0.29, 0.717) is 4.58 Å². The van der Waals surface area contributed by atoms with Crippen molar-refractivity contribution in [3.8, 4) is 11.5 Å². The number of benzene rings is 2. The van der Waals surface area contributed by atoms with Gasteiger partial charge in [0.05, 0.1) is 18.8 Å². The van der Waals surface area contributed by atoms with E-state index >= 15 is 0 Å². The molecule has 0 spiro atoms. The van der Waals surface area contributed by atoms with Gasteiger partial charge in [-0.3, -0.25) is 0 Å². The minimum Gasteiger partial charge on any atom is -0.496 e. The first-order valence-electron chi connectivity index (χ1n) is 6.72. The fourth-order valence-corrected chi connectivity index (χ4v) is 5.53. The number of thioether (sulfide) groups is 2. The first-order chi connectivity index (χ1) is 9.85. The van der Waals surface area contributed by atoms with E-state index in [1.165, 1.54) is 28.9 Å². The number of ether oxygens (including phenoxy) is 2. The lowest BCUT2D eigenvalue weighted by atomic mass is 10.0. The zero-order valence-electron chi connectivity index (χ0n) is 11.7. The zero-order chi connectivity index (χ0) is 13.9. The van der Waals surface area contributed by atoms with E-state index in [2.05, 4.69) is 18.2 Å². The van der Waals surface area contributed by atoms with E-state index in [1.807, 2.05) is 35.7 Å². The highest BCUT2D eigenvalue weighted by Crippen LogP contribution is 2.48. The number of rotatable bonds is 3. The van der Waals surface area contributed by atoms with E-state index in [1.54, 1.807) is 14.2 Å². The molecule has 0 N–H and O–H groups in total. The summed E-state index contributed by atoms with van der Waals surface area (Å²) in [5, 5.41) is 2.33. The molecule has 0 amide bonds. The first-order valence-corrected chi connectivity index (χ1v) is 8.81. The predicted octanol–water partition coefficient (Wildman–Crippen LogP) is 4.73. The summed E-state index contributed by atoms with van der Waals surface area (Å²) in [4.78, 5) is 0. The summed E-state index contributed by atoms with van der Waals surface area (Å²) in [6.07, 6.45) is 1.30. The number of fused-ring (bicyclic) bond motifs is 1. The second-order valence-corrected chi connectivity index (χ2v) is 7.39. The maximum Gasteiger partial charge on any atom is 0.127 e. The lowest BCUT2D eigenvalue weighted by Gasteiger charge is -2.23. The highest BCUT2D eigenvalue weighted by Gasteiger charge is 2.21. The van der Waals surface area contributed by atoms with Crippen LogP contribution >= 0.6 is 23.5 Å². The zero-order valence-corrected chi connectivity index (χ0v) is 13.4. The molecule has 0 aromatic heterocycles. The molecule has 2 aromatic carbocycles. The monoisotopic (exact) mass is 306 g/mol. The Bertz CT molecular complexity index is 607. The van der Waals surface area contributed by atoms with Crippen LogP contribution in [0.2, 0.25) is 0 Å². The minimum absolute atomic E-state index is 0.494. The molecule has 0 atom stereocenters. The van der Waals surface area contributed by atoms with Gasteiger partial charge in [0.15, 0.2) is 0 Å². The number of hydrogen-bond acceptors (Lipinski definition) is 4. The Morgan fingerprint density at radius 1 is 0.950 bits per heavy atom. The van der Waals surface area contributed by atoms with Crippen LogP contribution in [0.1, 0.15) is 16.6 Å². The highest BCUT2D eigenvalue weighted by molar-refractivity contribution is 8.16. The molecular formula is C16H18O2S2. The molecule has 0 bridgehead atoms. The molecule has 1 saturated heterocycles. The van der Waals surface area contributed by atoms with Gasteiger partial charge < -0.3 is 9.47 Å². The van der Waals surface area contributed by atoms with Crippen LogP contribution in [-0.2, 0) is 0 Å². The molecule has 106 valence electrons. The third kappa shape index (κ3) is 2.47. The topological polar surface area (TPSA) is 18.5 Å². The molecule has 0 radical (unpaired) electrons. The fraction of sp³-hybridized carbons (Fsp3) is 0.375. The normalized spacial score (nSPS) is 16.3. The molecular weight excluding hydrogens is 288 g/mol. The van der Waals surface area contributed by atoms with E-state index in [0.717, 1.165) is 16.9 Å². The number of methoxy groups -OCH3 is 2. The van der Waals surface area contributed by atoms with Crippen LogP contribution in [-0.4, -0.2) is 25.7 Å². The van der Waals surface area contributed by atoms with Gasteiger partial charge in [-0.05, 0) is 35.6 Å². The average molecular weight is 306 g/mol. The fourth-order valence-electron chi connectivity index (χ4n) is 2.59. The SMILES string of the molecule is COc1ccc(OC)c2c(C3SCCCS3)cccc12. The molecule has 0 saturated carbocycles. The Hall–Kier alpha value is -1.00. The van der Waals surface area contributed by atoms with Crippen LogP contribution < -0.4 is 9.47 Å². The van der Waals surface area contributed by atoms with Crippen molar-refractivity contribution in [1.82, 2.24) is 0 Å². The summed E-state index contributed by atoms with van der Waals surface area (Å²) in [5.74, 6) is 4.32. The van der Waals surface area contributed by atoms with Gasteiger partial charge in [-0.25, -0.2) is 0 Å². The Kier molecular flexibility index (Phi) is 4.32. The molecule has 0 unspecified atom stereocenters. The van der Waals surface area contributed by atoms with Crippen LogP contribution in [0, 0.1) is 0 Å². The Labute approximate surface area is 128 Å². The van der Waals surface area contributed by atoms with Gasteiger partial charge in [0.1, 0.15) is 11.5 Å². The van der Waals surface area contributed by atoms with E-state index < -0.39 is 0 Å². The van der Waals surface area contributed by atoms with E-state index in [4.69, 9.17) is 9.47 Å². The van der Waals surface area contributed by atoms with Crippen molar-refractivity contribution < 1.29 is 9.47 Å². The molecule has 4 heteroatoms. The second-order valence-electron chi connectivity index (χ2n) is 4.67. The lowest BCUT2D eigenvalue weighted by Crippen LogP contribution is -2.02. The van der Waals surface area contributed by atoms with Crippen molar-refractivity contribution >= 4 is 34.3 Å². The summed E-state index contributed by atoms with van der Waals surface area (Å²) in [6, 6.07) is 10.4. The minimum atomic E-state index is 0.494. The van der Waals surface area contributed by atoms with Gasteiger partial charge in [-0.1, -0.05) is 18.2 Å². The maximum absolute atomic E-state index is 5.58. The summed E-state index contributed by atoms with van der Waals surface area (Å²) in [6.45, 7) is 0. The van der Waals surface area contributed by atoms with Crippen molar-refractivity contribution in [2.24, 2.45) is 0 Å². The molecule has 2 aromatic rings. The van der Waals surface area contributed by atoms with Crippen LogP contribution in [0.5, 0.6) is 11.5 Å². The molecule has 2 nitrogen and oxygen atoms in total. The van der Waals surface area contributed by atoms with Gasteiger partial charge in [0, 0.05) is 10.8 Å². The van der Waals surface area contributed by atoms with Crippen molar-refractivity contribution in [3.63, 3.8) is 0 Å². The first kappa shape index (κ1) is 14.0. The third-order valence-corrected chi connectivity index (χ3v) is 6.49. The summed E-state index contributed by atoms with van der Waals surface area (Å²) in [5.41, 5.74) is 1.35. The quantitative estimate of drug-likeness (QED) is 0.816. The highest BCUT2D eigenvalue weighted by atomic mass is 32.2.